The van der Waals surface area contributed by atoms with E-state index in [0.717, 1.165) is 20.2 Å². The Morgan fingerprint density at radius 2 is 1.85 bits per heavy atom. The van der Waals surface area contributed by atoms with Gasteiger partial charge in [-0.15, -0.1) is 5.10 Å². The van der Waals surface area contributed by atoms with Crippen LogP contribution in [0.4, 0.5) is 5.69 Å². The Bertz CT molecular complexity index is 769. The van der Waals surface area contributed by atoms with Gasteiger partial charge in [-0.2, -0.15) is 4.68 Å². The van der Waals surface area contributed by atoms with Gasteiger partial charge in [-0.25, -0.2) is 0 Å². The third-order valence-electron chi connectivity index (χ3n) is 2.79. The van der Waals surface area contributed by atoms with E-state index in [9.17, 15) is 0 Å². The van der Waals surface area contributed by atoms with Gasteiger partial charge in [0.1, 0.15) is 0 Å². The molecule has 0 saturated carbocycles. The molecular weight excluding hydrogens is 386 g/mol. The molecule has 3 rings (SSSR count). The maximum Gasteiger partial charge on any atom is 0.188 e. The van der Waals surface area contributed by atoms with E-state index in [-0.39, 0.29) is 0 Å². The summed E-state index contributed by atoms with van der Waals surface area (Å²) >= 11 is 6.92. The lowest BCUT2D eigenvalue weighted by atomic mass is 10.2. The molecule has 0 radical (unpaired) electrons. The van der Waals surface area contributed by atoms with Crippen LogP contribution in [0, 0.1) is 0 Å². The Morgan fingerprint density at radius 3 is 2.65 bits per heavy atom. The van der Waals surface area contributed by atoms with Crippen molar-refractivity contribution in [2.75, 3.05) is 5.73 Å². The van der Waals surface area contributed by atoms with E-state index >= 15 is 0 Å². The molecule has 1 aromatic heterocycles. The van der Waals surface area contributed by atoms with Gasteiger partial charge in [0, 0.05) is 15.7 Å². The van der Waals surface area contributed by atoms with E-state index in [1.165, 1.54) is 0 Å². The summed E-state index contributed by atoms with van der Waals surface area (Å²) in [5, 5.41) is 11.9. The molecule has 0 aliphatic heterocycles. The number of rotatable bonds is 2. The average Bonchev–Trinajstić information content (AvgIpc) is 2.91. The summed E-state index contributed by atoms with van der Waals surface area (Å²) in [5.74, 6) is 0.627. The molecule has 0 unspecified atom stereocenters. The zero-order chi connectivity index (χ0) is 14.1. The minimum atomic E-state index is 0.627. The molecule has 0 amide bonds. The highest BCUT2D eigenvalue weighted by Crippen LogP contribution is 2.32. The standard InChI is InChI=1S/C13H9Br2N5/c14-8-3-1-4-9(7-8)20-13(17-18-19-20)10-5-2-6-11(16)12(10)15/h1-7H,16H2. The largest absolute Gasteiger partial charge is 0.398 e. The number of hydrogen-bond acceptors (Lipinski definition) is 4. The minimum absolute atomic E-state index is 0.627. The predicted molar refractivity (Wildman–Crippen MR) is 84.4 cm³/mol. The molecule has 0 atom stereocenters. The van der Waals surface area contributed by atoms with Crippen molar-refractivity contribution in [1.29, 1.82) is 0 Å². The van der Waals surface area contributed by atoms with E-state index in [2.05, 4.69) is 47.4 Å². The number of nitrogens with two attached hydrogens (primary N) is 1. The van der Waals surface area contributed by atoms with Gasteiger partial charge >= 0.3 is 0 Å². The molecule has 0 spiro atoms. The van der Waals surface area contributed by atoms with Crippen LogP contribution in [0.2, 0.25) is 0 Å². The first-order valence-corrected chi connectivity index (χ1v) is 7.34. The molecule has 2 N–H and O–H groups in total. The van der Waals surface area contributed by atoms with E-state index in [0.29, 0.717) is 11.5 Å². The number of anilines is 1. The molecule has 3 aromatic rings. The highest BCUT2D eigenvalue weighted by Gasteiger charge is 2.14. The predicted octanol–water partition coefficient (Wildman–Crippen LogP) is 3.44. The summed E-state index contributed by atoms with van der Waals surface area (Å²) in [5.41, 5.74) is 8.26. The molecule has 1 heterocycles. The Labute approximate surface area is 132 Å². The number of aromatic nitrogens is 4. The lowest BCUT2D eigenvalue weighted by Crippen LogP contribution is -2.01. The monoisotopic (exact) mass is 393 g/mol. The lowest BCUT2D eigenvalue weighted by Gasteiger charge is -2.08. The van der Waals surface area contributed by atoms with Gasteiger partial charge < -0.3 is 5.73 Å². The number of tetrazole rings is 1. The van der Waals surface area contributed by atoms with Crippen LogP contribution in [0.3, 0.4) is 0 Å². The minimum Gasteiger partial charge on any atom is -0.398 e. The smallest absolute Gasteiger partial charge is 0.188 e. The summed E-state index contributed by atoms with van der Waals surface area (Å²) in [4.78, 5) is 0. The molecule has 0 aliphatic rings. The van der Waals surface area contributed by atoms with Crippen molar-refractivity contribution < 1.29 is 0 Å². The summed E-state index contributed by atoms with van der Waals surface area (Å²) in [6.45, 7) is 0. The van der Waals surface area contributed by atoms with Crippen LogP contribution in [0.1, 0.15) is 0 Å². The normalized spacial score (nSPS) is 10.7. The molecule has 0 fully saturated rings. The second-order valence-electron chi connectivity index (χ2n) is 4.10. The van der Waals surface area contributed by atoms with Gasteiger partial charge in [-0.1, -0.05) is 28.1 Å². The Kier molecular flexibility index (Phi) is 3.54. The second-order valence-corrected chi connectivity index (χ2v) is 5.81. The zero-order valence-corrected chi connectivity index (χ0v) is 13.3. The highest BCUT2D eigenvalue weighted by molar-refractivity contribution is 9.11. The van der Waals surface area contributed by atoms with Crippen LogP contribution >= 0.6 is 31.9 Å². The molecule has 5 nitrogen and oxygen atoms in total. The summed E-state index contributed by atoms with van der Waals surface area (Å²) < 4.78 is 3.42. The van der Waals surface area contributed by atoms with Crippen LogP contribution in [0.25, 0.3) is 17.1 Å². The lowest BCUT2D eigenvalue weighted by molar-refractivity contribution is 0.791. The van der Waals surface area contributed by atoms with Crippen LogP contribution < -0.4 is 5.73 Å². The summed E-state index contributed by atoms with van der Waals surface area (Å²) in [6.07, 6.45) is 0. The van der Waals surface area contributed by atoms with Gasteiger partial charge in [0.2, 0.25) is 0 Å². The Morgan fingerprint density at radius 1 is 1.05 bits per heavy atom. The van der Waals surface area contributed by atoms with Gasteiger partial charge in [0.15, 0.2) is 5.82 Å². The first-order chi connectivity index (χ1) is 9.66. The van der Waals surface area contributed by atoms with Crippen molar-refractivity contribution in [3.8, 4) is 17.1 Å². The Balaban J connectivity index is 2.18. The van der Waals surface area contributed by atoms with Gasteiger partial charge in [0.25, 0.3) is 0 Å². The number of halogens is 2. The molecular formula is C13H9Br2N5. The molecule has 100 valence electrons. The van der Waals surface area contributed by atoms with E-state index in [1.807, 2.05) is 42.5 Å². The SMILES string of the molecule is Nc1cccc(-c2nnnn2-c2cccc(Br)c2)c1Br. The van der Waals surface area contributed by atoms with Crippen molar-refractivity contribution >= 4 is 37.5 Å². The quantitative estimate of drug-likeness (QED) is 0.676. The topological polar surface area (TPSA) is 69.6 Å². The number of hydrogen-bond donors (Lipinski definition) is 1. The van der Waals surface area contributed by atoms with Crippen molar-refractivity contribution in [1.82, 2.24) is 20.2 Å². The maximum atomic E-state index is 5.91. The van der Waals surface area contributed by atoms with E-state index in [4.69, 9.17) is 5.73 Å². The highest BCUT2D eigenvalue weighted by atomic mass is 79.9. The second kappa shape index (κ2) is 5.34. The third kappa shape index (κ3) is 2.34. The first kappa shape index (κ1) is 13.3. The summed E-state index contributed by atoms with van der Waals surface area (Å²) in [7, 11) is 0. The molecule has 20 heavy (non-hydrogen) atoms. The zero-order valence-electron chi connectivity index (χ0n) is 10.2. The van der Waals surface area contributed by atoms with Crippen molar-refractivity contribution in [3.63, 3.8) is 0 Å². The van der Waals surface area contributed by atoms with Crippen molar-refractivity contribution in [2.45, 2.75) is 0 Å². The van der Waals surface area contributed by atoms with Crippen molar-refractivity contribution in [2.24, 2.45) is 0 Å². The molecule has 2 aromatic carbocycles. The fourth-order valence-electron chi connectivity index (χ4n) is 1.86. The van der Waals surface area contributed by atoms with Crippen molar-refractivity contribution in [3.05, 3.63) is 51.4 Å². The molecule has 7 heteroatoms. The van der Waals surface area contributed by atoms with Gasteiger partial charge in [0.05, 0.1) is 10.2 Å². The third-order valence-corrected chi connectivity index (χ3v) is 4.17. The summed E-state index contributed by atoms with van der Waals surface area (Å²) in [6, 6.07) is 13.4. The fraction of sp³-hybridized carbons (Fsp3) is 0. The van der Waals surface area contributed by atoms with Crippen LogP contribution in [0.15, 0.2) is 51.4 Å². The first-order valence-electron chi connectivity index (χ1n) is 5.75. The van der Waals surface area contributed by atoms with Crippen LogP contribution in [-0.2, 0) is 0 Å². The van der Waals surface area contributed by atoms with E-state index in [1.54, 1.807) is 4.68 Å². The van der Waals surface area contributed by atoms with Crippen LogP contribution in [0.5, 0.6) is 0 Å². The fourth-order valence-corrected chi connectivity index (χ4v) is 2.69. The van der Waals surface area contributed by atoms with Gasteiger partial charge in [-0.05, 0) is 56.7 Å². The van der Waals surface area contributed by atoms with E-state index < -0.39 is 0 Å². The average molecular weight is 395 g/mol. The maximum absolute atomic E-state index is 5.91. The Hall–Kier alpha value is -1.73. The molecule has 0 aliphatic carbocycles. The molecule has 0 saturated heterocycles. The van der Waals surface area contributed by atoms with Crippen LogP contribution in [-0.4, -0.2) is 20.2 Å². The number of nitrogens with zero attached hydrogens (tertiary/aromatic N) is 4. The number of benzene rings is 2. The number of nitrogen functional groups attached to an aromatic ring is 1. The van der Waals surface area contributed by atoms with Gasteiger partial charge in [-0.3, -0.25) is 0 Å². The molecule has 0 bridgehead atoms.